The van der Waals surface area contributed by atoms with Gasteiger partial charge in [0.05, 0.1) is 32.7 Å². The Kier molecular flexibility index (Phi) is 5.02. The maximum atomic E-state index is 12.7. The molecule has 146 valence electrons. The summed E-state index contributed by atoms with van der Waals surface area (Å²) in [6, 6.07) is 14.1. The summed E-state index contributed by atoms with van der Waals surface area (Å²) in [5.41, 5.74) is 1.29. The smallest absolute Gasteiger partial charge is 0.340 e. The zero-order valence-electron chi connectivity index (χ0n) is 15.7. The molecule has 0 radical (unpaired) electrons. The Morgan fingerprint density at radius 3 is 2.62 bits per heavy atom. The monoisotopic (exact) mass is 452 g/mol. The first-order valence-electron chi connectivity index (χ1n) is 8.98. The number of nitrogens with zero attached hydrogens (tertiary/aromatic N) is 3. The van der Waals surface area contributed by atoms with Crippen molar-refractivity contribution in [3.63, 3.8) is 0 Å². The van der Waals surface area contributed by atoms with Gasteiger partial charge < -0.3 is 10.1 Å². The molecule has 0 aliphatic carbocycles. The molecule has 0 bridgehead atoms. The second kappa shape index (κ2) is 7.63. The number of para-hydroxylation sites is 2. The van der Waals surface area contributed by atoms with Crippen LogP contribution in [0.1, 0.15) is 24.2 Å². The van der Waals surface area contributed by atoms with Gasteiger partial charge in [-0.2, -0.15) is 4.98 Å². The van der Waals surface area contributed by atoms with Gasteiger partial charge in [-0.1, -0.05) is 24.3 Å². The number of rotatable bonds is 4. The first kappa shape index (κ1) is 19.1. The van der Waals surface area contributed by atoms with Gasteiger partial charge >= 0.3 is 5.97 Å². The summed E-state index contributed by atoms with van der Waals surface area (Å²) in [6.07, 6.45) is 1.38. The van der Waals surface area contributed by atoms with Crippen LogP contribution in [0.5, 0.6) is 0 Å². The van der Waals surface area contributed by atoms with E-state index >= 15 is 0 Å². The number of carbonyl (C=O) groups excluding carboxylic acids is 1. The van der Waals surface area contributed by atoms with Gasteiger partial charge in [0.2, 0.25) is 5.78 Å². The lowest BCUT2D eigenvalue weighted by molar-refractivity contribution is 0.0379. The molecule has 0 fully saturated rings. The number of carbonyl (C=O) groups is 1. The Morgan fingerprint density at radius 2 is 1.83 bits per heavy atom. The van der Waals surface area contributed by atoms with E-state index in [2.05, 4.69) is 31.2 Å². The Bertz CT molecular complexity index is 1300. The first-order chi connectivity index (χ1) is 13.9. The first-order valence-corrected chi connectivity index (χ1v) is 9.78. The van der Waals surface area contributed by atoms with Crippen LogP contribution >= 0.6 is 15.9 Å². The van der Waals surface area contributed by atoms with E-state index in [0.29, 0.717) is 32.4 Å². The van der Waals surface area contributed by atoms with Gasteiger partial charge in [0.25, 0.3) is 5.56 Å². The molecule has 2 heterocycles. The van der Waals surface area contributed by atoms with Crippen LogP contribution < -0.4 is 10.9 Å². The number of benzene rings is 2. The maximum absolute atomic E-state index is 12.7. The third-order valence-electron chi connectivity index (χ3n) is 4.21. The SMILES string of the molecule is CC(C)OC(=O)c1ccccc1Nc1nc2nc3ccccc3c(=O)n2cc1Br. The molecule has 29 heavy (non-hydrogen) atoms. The van der Waals surface area contributed by atoms with Crippen molar-refractivity contribution in [2.75, 3.05) is 5.32 Å². The van der Waals surface area contributed by atoms with Crippen LogP contribution in [0.2, 0.25) is 0 Å². The predicted octanol–water partition coefficient (Wildman–Crippen LogP) is 4.31. The zero-order valence-corrected chi connectivity index (χ0v) is 17.3. The zero-order chi connectivity index (χ0) is 20.5. The molecule has 0 spiro atoms. The van der Waals surface area contributed by atoms with Crippen molar-refractivity contribution in [2.24, 2.45) is 0 Å². The maximum Gasteiger partial charge on any atom is 0.340 e. The molecule has 0 aliphatic heterocycles. The van der Waals surface area contributed by atoms with Crippen molar-refractivity contribution in [3.8, 4) is 0 Å². The average Bonchev–Trinajstić information content (AvgIpc) is 2.69. The minimum atomic E-state index is -0.430. The molecule has 2 aromatic carbocycles. The van der Waals surface area contributed by atoms with Gasteiger partial charge in [-0.25, -0.2) is 9.78 Å². The second-order valence-electron chi connectivity index (χ2n) is 6.67. The number of fused-ring (bicyclic) bond motifs is 2. The second-order valence-corrected chi connectivity index (χ2v) is 7.52. The minimum Gasteiger partial charge on any atom is -0.459 e. The largest absolute Gasteiger partial charge is 0.459 e. The van der Waals surface area contributed by atoms with Crippen molar-refractivity contribution >= 4 is 50.1 Å². The number of anilines is 2. The van der Waals surface area contributed by atoms with Crippen LogP contribution in [0.15, 0.2) is 64.0 Å². The molecule has 1 N–H and O–H groups in total. The summed E-state index contributed by atoms with van der Waals surface area (Å²) >= 11 is 3.45. The fraction of sp³-hybridized carbons (Fsp3) is 0.143. The van der Waals surface area contributed by atoms with E-state index in [4.69, 9.17) is 4.74 Å². The fourth-order valence-electron chi connectivity index (χ4n) is 2.92. The highest BCUT2D eigenvalue weighted by Crippen LogP contribution is 2.27. The standard InChI is InChI=1S/C21H17BrN4O3/c1-12(2)29-20(28)14-8-4-6-10-17(14)23-18-15(22)11-26-19(27)13-7-3-5-9-16(13)24-21(26)25-18/h3-12H,1-2H3,(H,23,24,25). The Labute approximate surface area is 174 Å². The molecule has 7 nitrogen and oxygen atoms in total. The van der Waals surface area contributed by atoms with E-state index in [9.17, 15) is 9.59 Å². The Hall–Kier alpha value is -3.26. The lowest BCUT2D eigenvalue weighted by atomic mass is 10.2. The summed E-state index contributed by atoms with van der Waals surface area (Å²) < 4.78 is 7.25. The van der Waals surface area contributed by atoms with E-state index in [1.807, 2.05) is 6.07 Å². The van der Waals surface area contributed by atoms with Gasteiger partial charge in [-0.15, -0.1) is 0 Å². The molecule has 0 saturated carbocycles. The summed E-state index contributed by atoms with van der Waals surface area (Å²) in [6.45, 7) is 3.59. The molecule has 0 aliphatic rings. The number of esters is 1. The predicted molar refractivity (Wildman–Crippen MR) is 115 cm³/mol. The van der Waals surface area contributed by atoms with Crippen molar-refractivity contribution in [1.82, 2.24) is 14.4 Å². The molecule has 0 atom stereocenters. The summed E-state index contributed by atoms with van der Waals surface area (Å²) in [7, 11) is 0. The lowest BCUT2D eigenvalue weighted by Crippen LogP contribution is -2.17. The number of ether oxygens (including phenoxy) is 1. The van der Waals surface area contributed by atoms with Crippen LogP contribution in [-0.4, -0.2) is 26.4 Å². The van der Waals surface area contributed by atoms with E-state index in [1.54, 1.807) is 62.5 Å². The van der Waals surface area contributed by atoms with Crippen molar-refractivity contribution < 1.29 is 9.53 Å². The molecular weight excluding hydrogens is 436 g/mol. The number of hydrogen-bond donors (Lipinski definition) is 1. The van der Waals surface area contributed by atoms with Gasteiger partial charge in [-0.3, -0.25) is 9.20 Å². The molecule has 0 saturated heterocycles. The van der Waals surface area contributed by atoms with Crippen LogP contribution in [0, 0.1) is 0 Å². The fourth-order valence-corrected chi connectivity index (χ4v) is 3.31. The topological polar surface area (TPSA) is 85.6 Å². The van der Waals surface area contributed by atoms with E-state index < -0.39 is 5.97 Å². The number of halogens is 1. The normalized spacial score (nSPS) is 11.2. The lowest BCUT2D eigenvalue weighted by Gasteiger charge is -2.14. The van der Waals surface area contributed by atoms with Gasteiger partial charge in [0, 0.05) is 6.20 Å². The summed E-state index contributed by atoms with van der Waals surface area (Å²) in [5.74, 6) is 0.249. The third kappa shape index (κ3) is 3.71. The Balaban J connectivity index is 1.80. The summed E-state index contributed by atoms with van der Waals surface area (Å²) in [5, 5.41) is 3.66. The molecule has 4 rings (SSSR count). The highest BCUT2D eigenvalue weighted by molar-refractivity contribution is 9.10. The Morgan fingerprint density at radius 1 is 1.10 bits per heavy atom. The molecule has 8 heteroatoms. The number of aromatic nitrogens is 3. The van der Waals surface area contributed by atoms with Crippen LogP contribution in [0.3, 0.4) is 0 Å². The van der Waals surface area contributed by atoms with Crippen LogP contribution in [-0.2, 0) is 4.74 Å². The van der Waals surface area contributed by atoms with E-state index in [0.717, 1.165) is 0 Å². The van der Waals surface area contributed by atoms with Crippen LogP contribution in [0.25, 0.3) is 16.7 Å². The molecule has 0 unspecified atom stereocenters. The summed E-state index contributed by atoms with van der Waals surface area (Å²) in [4.78, 5) is 34.1. The third-order valence-corrected chi connectivity index (χ3v) is 4.79. The van der Waals surface area contributed by atoms with Gasteiger partial charge in [0.15, 0.2) is 0 Å². The number of hydrogen-bond acceptors (Lipinski definition) is 6. The molecule has 0 amide bonds. The quantitative estimate of drug-likeness (QED) is 0.366. The van der Waals surface area contributed by atoms with Gasteiger partial charge in [-0.05, 0) is 54.0 Å². The van der Waals surface area contributed by atoms with Crippen molar-refractivity contribution in [1.29, 1.82) is 0 Å². The minimum absolute atomic E-state index is 0.203. The van der Waals surface area contributed by atoms with E-state index in [1.165, 1.54) is 4.40 Å². The average molecular weight is 453 g/mol. The molecule has 2 aromatic heterocycles. The van der Waals surface area contributed by atoms with Crippen molar-refractivity contribution in [2.45, 2.75) is 20.0 Å². The molecule has 4 aromatic rings. The van der Waals surface area contributed by atoms with Gasteiger partial charge in [0.1, 0.15) is 5.82 Å². The van der Waals surface area contributed by atoms with E-state index in [-0.39, 0.29) is 17.4 Å². The molecular formula is C21H17BrN4O3. The van der Waals surface area contributed by atoms with Crippen LogP contribution in [0.4, 0.5) is 11.5 Å². The highest BCUT2D eigenvalue weighted by Gasteiger charge is 2.16. The number of nitrogens with one attached hydrogen (secondary N) is 1. The highest BCUT2D eigenvalue weighted by atomic mass is 79.9. The van der Waals surface area contributed by atoms with Crippen molar-refractivity contribution in [3.05, 3.63) is 75.1 Å².